The summed E-state index contributed by atoms with van der Waals surface area (Å²) in [6.45, 7) is 4.55. The van der Waals surface area contributed by atoms with Gasteiger partial charge in [0.15, 0.2) is 0 Å². The van der Waals surface area contributed by atoms with Crippen molar-refractivity contribution >= 4 is 0 Å². The summed E-state index contributed by atoms with van der Waals surface area (Å²) in [7, 11) is 0. The molecule has 0 fully saturated rings. The van der Waals surface area contributed by atoms with Crippen LogP contribution in [0.25, 0.3) is 0 Å². The van der Waals surface area contributed by atoms with Gasteiger partial charge in [-0.3, -0.25) is 0 Å². The van der Waals surface area contributed by atoms with E-state index < -0.39 is 0 Å². The van der Waals surface area contributed by atoms with Crippen LogP contribution in [0.1, 0.15) is 39.5 Å². The second kappa shape index (κ2) is 9.21. The summed E-state index contributed by atoms with van der Waals surface area (Å²) in [5.41, 5.74) is 3.02. The smallest absolute Gasteiger partial charge is 0.0842 e. The summed E-state index contributed by atoms with van der Waals surface area (Å²) in [6.07, 6.45) is 8.27. The Balaban J connectivity index is 3.78. The highest BCUT2D eigenvalue weighted by atomic mass is 16.3. The molecule has 0 heterocycles. The molecule has 0 rings (SSSR count). The number of allylic oxidation sites excluding steroid dienone is 1. The Labute approximate surface area is 80.7 Å². The average molecular weight is 181 g/mol. The van der Waals surface area contributed by atoms with Crippen LogP contribution in [0.3, 0.4) is 0 Å². The van der Waals surface area contributed by atoms with Gasteiger partial charge in [-0.2, -0.15) is 4.91 Å². The maximum Gasteiger partial charge on any atom is 0.0842 e. The molecule has 0 aromatic rings. The minimum Gasteiger partial charge on any atom is -0.151 e. The molecule has 0 aliphatic rings. The van der Waals surface area contributed by atoms with Gasteiger partial charge in [0.2, 0.25) is 0 Å². The summed E-state index contributed by atoms with van der Waals surface area (Å²) in [4.78, 5) is 10.1. The first-order valence-corrected chi connectivity index (χ1v) is 4.99. The summed E-state index contributed by atoms with van der Waals surface area (Å²) in [5, 5.41) is 2.96. The number of nitroso groups, excluding NO2 is 1. The van der Waals surface area contributed by atoms with Crippen molar-refractivity contribution in [3.63, 3.8) is 0 Å². The van der Waals surface area contributed by atoms with Gasteiger partial charge in [-0.25, -0.2) is 0 Å². The molecule has 0 saturated carbocycles. The SMILES string of the molecule is CC=C=CCC(CCCC)CN=O. The zero-order chi connectivity index (χ0) is 9.94. The molecule has 0 aromatic heterocycles. The quantitative estimate of drug-likeness (QED) is 0.435. The fourth-order valence-electron chi connectivity index (χ4n) is 1.23. The second-order valence-electron chi connectivity index (χ2n) is 3.22. The van der Waals surface area contributed by atoms with Crippen LogP contribution < -0.4 is 0 Å². The van der Waals surface area contributed by atoms with Crippen molar-refractivity contribution in [2.75, 3.05) is 6.54 Å². The largest absolute Gasteiger partial charge is 0.151 e. The van der Waals surface area contributed by atoms with Gasteiger partial charge in [-0.1, -0.05) is 24.9 Å². The summed E-state index contributed by atoms with van der Waals surface area (Å²) < 4.78 is 0. The van der Waals surface area contributed by atoms with E-state index in [0.29, 0.717) is 12.5 Å². The number of nitrogens with zero attached hydrogens (tertiary/aromatic N) is 1. The van der Waals surface area contributed by atoms with Gasteiger partial charge in [-0.15, -0.1) is 5.73 Å². The molecular formula is C11H19NO. The lowest BCUT2D eigenvalue weighted by Gasteiger charge is -2.08. The second-order valence-corrected chi connectivity index (χ2v) is 3.22. The number of hydrogen-bond donors (Lipinski definition) is 0. The molecule has 0 aliphatic carbocycles. The van der Waals surface area contributed by atoms with Crippen LogP contribution in [0, 0.1) is 10.8 Å². The maximum atomic E-state index is 10.1. The highest BCUT2D eigenvalue weighted by Crippen LogP contribution is 2.13. The molecule has 2 nitrogen and oxygen atoms in total. The van der Waals surface area contributed by atoms with Gasteiger partial charge >= 0.3 is 0 Å². The van der Waals surface area contributed by atoms with Crippen molar-refractivity contribution in [1.29, 1.82) is 0 Å². The zero-order valence-corrected chi connectivity index (χ0v) is 8.62. The Morgan fingerprint density at radius 3 is 2.85 bits per heavy atom. The van der Waals surface area contributed by atoms with Gasteiger partial charge in [-0.05, 0) is 37.8 Å². The lowest BCUT2D eigenvalue weighted by atomic mass is 9.99. The molecular weight excluding hydrogens is 162 g/mol. The Morgan fingerprint density at radius 1 is 1.54 bits per heavy atom. The monoisotopic (exact) mass is 181 g/mol. The Kier molecular flexibility index (Phi) is 8.59. The Morgan fingerprint density at radius 2 is 2.31 bits per heavy atom. The first-order valence-electron chi connectivity index (χ1n) is 4.99. The number of unbranched alkanes of at least 4 members (excludes halogenated alkanes) is 1. The normalized spacial score (nSPS) is 11.5. The van der Waals surface area contributed by atoms with Crippen LogP contribution in [0.2, 0.25) is 0 Å². The Bertz CT molecular complexity index is 181. The van der Waals surface area contributed by atoms with Crippen molar-refractivity contribution in [3.05, 3.63) is 22.8 Å². The van der Waals surface area contributed by atoms with Gasteiger partial charge in [0.05, 0.1) is 6.54 Å². The maximum absolute atomic E-state index is 10.1. The molecule has 13 heavy (non-hydrogen) atoms. The van der Waals surface area contributed by atoms with E-state index in [9.17, 15) is 4.91 Å². The lowest BCUT2D eigenvalue weighted by Crippen LogP contribution is -2.02. The summed E-state index contributed by atoms with van der Waals surface area (Å²) in [6, 6.07) is 0. The van der Waals surface area contributed by atoms with E-state index in [1.54, 1.807) is 0 Å². The molecule has 0 aliphatic heterocycles. The number of rotatable bonds is 7. The average Bonchev–Trinajstić information content (AvgIpc) is 2.14. The highest BCUT2D eigenvalue weighted by molar-refractivity contribution is 4.84. The fraction of sp³-hybridized carbons (Fsp3) is 0.727. The lowest BCUT2D eigenvalue weighted by molar-refractivity contribution is 0.480. The van der Waals surface area contributed by atoms with Crippen LogP contribution in [0.5, 0.6) is 0 Å². The van der Waals surface area contributed by atoms with Crippen LogP contribution in [0.4, 0.5) is 0 Å². The molecule has 0 bridgehead atoms. The minimum atomic E-state index is 0.421. The van der Waals surface area contributed by atoms with Crippen LogP contribution >= 0.6 is 0 Å². The molecule has 0 N–H and O–H groups in total. The highest BCUT2D eigenvalue weighted by Gasteiger charge is 2.05. The van der Waals surface area contributed by atoms with Gasteiger partial charge in [0.25, 0.3) is 0 Å². The van der Waals surface area contributed by atoms with E-state index in [4.69, 9.17) is 0 Å². The number of hydrogen-bond acceptors (Lipinski definition) is 2. The minimum absolute atomic E-state index is 0.421. The van der Waals surface area contributed by atoms with Crippen molar-refractivity contribution in [2.24, 2.45) is 11.1 Å². The summed E-state index contributed by atoms with van der Waals surface area (Å²) in [5.74, 6) is 0.421. The third-order valence-corrected chi connectivity index (χ3v) is 2.03. The van der Waals surface area contributed by atoms with E-state index in [2.05, 4.69) is 17.8 Å². The first kappa shape index (κ1) is 12.1. The van der Waals surface area contributed by atoms with E-state index in [-0.39, 0.29) is 0 Å². The van der Waals surface area contributed by atoms with Gasteiger partial charge < -0.3 is 0 Å². The molecule has 0 saturated heterocycles. The third-order valence-electron chi connectivity index (χ3n) is 2.03. The van der Waals surface area contributed by atoms with E-state index in [1.165, 1.54) is 12.8 Å². The molecule has 0 spiro atoms. The topological polar surface area (TPSA) is 29.4 Å². The van der Waals surface area contributed by atoms with Crippen molar-refractivity contribution < 1.29 is 0 Å². The van der Waals surface area contributed by atoms with E-state index in [0.717, 1.165) is 12.8 Å². The van der Waals surface area contributed by atoms with E-state index >= 15 is 0 Å². The zero-order valence-electron chi connectivity index (χ0n) is 8.62. The third kappa shape index (κ3) is 7.48. The predicted molar refractivity (Wildman–Crippen MR) is 56.6 cm³/mol. The van der Waals surface area contributed by atoms with Crippen LogP contribution in [-0.4, -0.2) is 6.54 Å². The van der Waals surface area contributed by atoms with Crippen LogP contribution in [-0.2, 0) is 0 Å². The first-order chi connectivity index (χ1) is 6.35. The molecule has 1 atom stereocenters. The van der Waals surface area contributed by atoms with Crippen molar-refractivity contribution in [1.82, 2.24) is 0 Å². The molecule has 0 aromatic carbocycles. The van der Waals surface area contributed by atoms with Gasteiger partial charge in [0.1, 0.15) is 0 Å². The van der Waals surface area contributed by atoms with Crippen molar-refractivity contribution in [3.8, 4) is 0 Å². The fourth-order valence-corrected chi connectivity index (χ4v) is 1.23. The Hall–Kier alpha value is -0.880. The molecule has 74 valence electrons. The summed E-state index contributed by atoms with van der Waals surface area (Å²) >= 11 is 0. The standard InChI is InChI=1S/C11H19NO/c1-3-5-7-9-11(10-12-13)8-6-4-2/h3,7,11H,4,6,8-10H2,1-2H3. The van der Waals surface area contributed by atoms with Gasteiger partial charge in [0, 0.05) is 0 Å². The molecule has 0 radical (unpaired) electrons. The van der Waals surface area contributed by atoms with Crippen molar-refractivity contribution in [2.45, 2.75) is 39.5 Å². The van der Waals surface area contributed by atoms with E-state index in [1.807, 2.05) is 19.1 Å². The molecule has 0 amide bonds. The predicted octanol–water partition coefficient (Wildman–Crippen LogP) is 3.68. The molecule has 2 heteroatoms. The molecule has 1 unspecified atom stereocenters. The van der Waals surface area contributed by atoms with Crippen LogP contribution in [0.15, 0.2) is 23.1 Å².